The Morgan fingerprint density at radius 3 is 2.64 bits per heavy atom. The normalized spacial score (nSPS) is 10.0. The van der Waals surface area contributed by atoms with Crippen molar-refractivity contribution in [3.63, 3.8) is 0 Å². The van der Waals surface area contributed by atoms with Gasteiger partial charge in [0.15, 0.2) is 5.11 Å². The molecular formula is C15H12ClFN4O3S. The molecule has 10 heteroatoms. The van der Waals surface area contributed by atoms with Gasteiger partial charge in [0.05, 0.1) is 16.4 Å². The second-order valence-corrected chi connectivity index (χ2v) is 5.63. The Morgan fingerprint density at radius 1 is 1.24 bits per heavy atom. The van der Waals surface area contributed by atoms with E-state index in [-0.39, 0.29) is 27.8 Å². The van der Waals surface area contributed by atoms with E-state index in [1.165, 1.54) is 36.4 Å². The molecule has 0 atom stereocenters. The number of halogens is 2. The quantitative estimate of drug-likeness (QED) is 0.427. The van der Waals surface area contributed by atoms with Crippen LogP contribution in [-0.4, -0.2) is 15.9 Å². The third kappa shape index (κ3) is 5.37. The second kappa shape index (κ2) is 8.36. The highest BCUT2D eigenvalue weighted by molar-refractivity contribution is 7.80. The number of carbonyl (C=O) groups excluding carboxylic acids is 1. The summed E-state index contributed by atoms with van der Waals surface area (Å²) in [5.74, 6) is -1.08. The molecule has 0 saturated heterocycles. The number of nitro groups is 1. The Hall–Kier alpha value is -2.78. The third-order valence-electron chi connectivity index (χ3n) is 3.03. The standard InChI is InChI=1S/C15H12ClFN4O3S/c16-11-8-10(5-6-12(11)17)18-15(25)20-19-14(22)7-9-3-1-2-4-13(9)21(23)24/h1-6,8H,7H2,(H,19,22)(H2,18,20,25). The first-order valence-corrected chi connectivity index (χ1v) is 7.68. The Morgan fingerprint density at radius 2 is 1.96 bits per heavy atom. The van der Waals surface area contributed by atoms with Gasteiger partial charge in [-0.05, 0) is 30.4 Å². The lowest BCUT2D eigenvalue weighted by atomic mass is 10.1. The van der Waals surface area contributed by atoms with Crippen LogP contribution in [0.4, 0.5) is 15.8 Å². The van der Waals surface area contributed by atoms with E-state index in [0.29, 0.717) is 5.69 Å². The van der Waals surface area contributed by atoms with Gasteiger partial charge in [-0.1, -0.05) is 29.8 Å². The lowest BCUT2D eigenvalue weighted by Gasteiger charge is -2.12. The average molecular weight is 383 g/mol. The predicted molar refractivity (Wildman–Crippen MR) is 95.7 cm³/mol. The van der Waals surface area contributed by atoms with Crippen LogP contribution in [0.15, 0.2) is 42.5 Å². The zero-order chi connectivity index (χ0) is 18.4. The molecule has 0 saturated carbocycles. The maximum absolute atomic E-state index is 13.1. The molecular weight excluding hydrogens is 371 g/mol. The van der Waals surface area contributed by atoms with Crippen LogP contribution in [0.25, 0.3) is 0 Å². The molecule has 0 aliphatic rings. The fourth-order valence-electron chi connectivity index (χ4n) is 1.92. The van der Waals surface area contributed by atoms with Gasteiger partial charge < -0.3 is 5.32 Å². The summed E-state index contributed by atoms with van der Waals surface area (Å²) in [5.41, 5.74) is 5.33. The maximum atomic E-state index is 13.1. The van der Waals surface area contributed by atoms with Crippen LogP contribution in [-0.2, 0) is 11.2 Å². The van der Waals surface area contributed by atoms with Gasteiger partial charge in [0.25, 0.3) is 5.69 Å². The van der Waals surface area contributed by atoms with Crippen LogP contribution < -0.4 is 16.2 Å². The van der Waals surface area contributed by atoms with Crippen LogP contribution in [0.5, 0.6) is 0 Å². The van der Waals surface area contributed by atoms with Gasteiger partial charge in [0.2, 0.25) is 5.91 Å². The van der Waals surface area contributed by atoms with Crippen molar-refractivity contribution in [2.24, 2.45) is 0 Å². The zero-order valence-corrected chi connectivity index (χ0v) is 14.2. The Balaban J connectivity index is 1.88. The molecule has 7 nitrogen and oxygen atoms in total. The molecule has 2 aromatic rings. The summed E-state index contributed by atoms with van der Waals surface area (Å²) in [5, 5.41) is 13.6. The summed E-state index contributed by atoms with van der Waals surface area (Å²) < 4.78 is 13.1. The Labute approximate surface area is 152 Å². The molecule has 0 heterocycles. The van der Waals surface area contributed by atoms with Crippen LogP contribution >= 0.6 is 23.8 Å². The lowest BCUT2D eigenvalue weighted by Crippen LogP contribution is -2.44. The van der Waals surface area contributed by atoms with Crippen LogP contribution in [0, 0.1) is 15.9 Å². The summed E-state index contributed by atoms with van der Waals surface area (Å²) in [6.45, 7) is 0. The molecule has 0 spiro atoms. The van der Waals surface area contributed by atoms with Crippen molar-refractivity contribution in [1.29, 1.82) is 0 Å². The first kappa shape index (κ1) is 18.6. The number of rotatable bonds is 4. The van der Waals surface area contributed by atoms with Crippen molar-refractivity contribution in [3.05, 3.63) is 69.0 Å². The number of amides is 1. The molecule has 0 aliphatic heterocycles. The number of benzene rings is 2. The Bertz CT molecular complexity index is 834. The number of nitrogens with zero attached hydrogens (tertiary/aromatic N) is 1. The smallest absolute Gasteiger partial charge is 0.273 e. The molecule has 0 unspecified atom stereocenters. The number of carbonyl (C=O) groups is 1. The maximum Gasteiger partial charge on any atom is 0.273 e. The summed E-state index contributed by atoms with van der Waals surface area (Å²) >= 11 is 10.6. The second-order valence-electron chi connectivity index (χ2n) is 4.82. The van der Waals surface area contributed by atoms with Crippen molar-refractivity contribution < 1.29 is 14.1 Å². The molecule has 0 radical (unpaired) electrons. The van der Waals surface area contributed by atoms with Crippen molar-refractivity contribution in [3.8, 4) is 0 Å². The first-order valence-electron chi connectivity index (χ1n) is 6.90. The number of nitro benzene ring substituents is 1. The monoisotopic (exact) mass is 382 g/mol. The molecule has 0 fully saturated rings. The molecule has 0 bridgehead atoms. The summed E-state index contributed by atoms with van der Waals surface area (Å²) in [6, 6.07) is 9.86. The van der Waals surface area contributed by atoms with E-state index in [9.17, 15) is 19.3 Å². The molecule has 2 aromatic carbocycles. The molecule has 1 amide bonds. The molecule has 3 N–H and O–H groups in total. The van der Waals surface area contributed by atoms with E-state index in [1.807, 2.05) is 0 Å². The number of hydrogen-bond donors (Lipinski definition) is 3. The van der Waals surface area contributed by atoms with Crippen molar-refractivity contribution in [2.45, 2.75) is 6.42 Å². The largest absolute Gasteiger partial charge is 0.331 e. The van der Waals surface area contributed by atoms with Gasteiger partial charge in [0, 0.05) is 17.3 Å². The van der Waals surface area contributed by atoms with E-state index in [4.69, 9.17) is 23.8 Å². The number of hydrazine groups is 1. The van der Waals surface area contributed by atoms with Gasteiger partial charge in [-0.15, -0.1) is 0 Å². The van der Waals surface area contributed by atoms with Gasteiger partial charge >= 0.3 is 0 Å². The number of thiocarbonyl (C=S) groups is 1. The van der Waals surface area contributed by atoms with Gasteiger partial charge in [-0.2, -0.15) is 0 Å². The summed E-state index contributed by atoms with van der Waals surface area (Å²) in [6.07, 6.45) is -0.199. The highest BCUT2D eigenvalue weighted by atomic mass is 35.5. The lowest BCUT2D eigenvalue weighted by molar-refractivity contribution is -0.385. The fourth-order valence-corrected chi connectivity index (χ4v) is 2.27. The molecule has 0 aliphatic carbocycles. The van der Waals surface area contributed by atoms with E-state index >= 15 is 0 Å². The van der Waals surface area contributed by atoms with Gasteiger partial charge in [0.1, 0.15) is 5.82 Å². The number of hydrogen-bond acceptors (Lipinski definition) is 4. The Kier molecular flexibility index (Phi) is 6.20. The van der Waals surface area contributed by atoms with E-state index in [2.05, 4.69) is 16.2 Å². The highest BCUT2D eigenvalue weighted by Gasteiger charge is 2.15. The van der Waals surface area contributed by atoms with Crippen LogP contribution in [0.1, 0.15) is 5.56 Å². The number of anilines is 1. The minimum atomic E-state index is -0.566. The van der Waals surface area contributed by atoms with Crippen molar-refractivity contribution in [2.75, 3.05) is 5.32 Å². The minimum Gasteiger partial charge on any atom is -0.331 e. The third-order valence-corrected chi connectivity index (χ3v) is 3.53. The average Bonchev–Trinajstić information content (AvgIpc) is 2.57. The number of nitrogens with one attached hydrogen (secondary N) is 3. The minimum absolute atomic E-state index is 0.0404. The first-order chi connectivity index (χ1) is 11.9. The van der Waals surface area contributed by atoms with Gasteiger partial charge in [-0.3, -0.25) is 25.8 Å². The summed E-state index contributed by atoms with van der Waals surface area (Å²) in [7, 11) is 0. The fraction of sp³-hybridized carbons (Fsp3) is 0.0667. The van der Waals surface area contributed by atoms with E-state index < -0.39 is 16.6 Å². The topological polar surface area (TPSA) is 96.3 Å². The van der Waals surface area contributed by atoms with E-state index in [0.717, 1.165) is 0 Å². The van der Waals surface area contributed by atoms with E-state index in [1.54, 1.807) is 6.07 Å². The molecule has 2 rings (SSSR count). The van der Waals surface area contributed by atoms with Crippen LogP contribution in [0.2, 0.25) is 5.02 Å². The van der Waals surface area contributed by atoms with Crippen LogP contribution in [0.3, 0.4) is 0 Å². The van der Waals surface area contributed by atoms with Crippen molar-refractivity contribution in [1.82, 2.24) is 10.9 Å². The molecule has 0 aromatic heterocycles. The zero-order valence-electron chi connectivity index (χ0n) is 12.6. The predicted octanol–water partition coefficient (Wildman–Crippen LogP) is 2.95. The summed E-state index contributed by atoms with van der Waals surface area (Å²) in [4.78, 5) is 22.2. The SMILES string of the molecule is O=C(Cc1ccccc1[N+](=O)[O-])NNC(=S)Nc1ccc(F)c(Cl)c1. The molecule has 25 heavy (non-hydrogen) atoms. The number of para-hydroxylation sites is 1. The van der Waals surface area contributed by atoms with Crippen molar-refractivity contribution >= 4 is 46.2 Å². The van der Waals surface area contributed by atoms with Gasteiger partial charge in [-0.25, -0.2) is 4.39 Å². The highest BCUT2D eigenvalue weighted by Crippen LogP contribution is 2.19. The molecule has 130 valence electrons.